The zero-order valence-corrected chi connectivity index (χ0v) is 11.1. The summed E-state index contributed by atoms with van der Waals surface area (Å²) in [5, 5.41) is 0. The molecule has 0 spiro atoms. The van der Waals surface area contributed by atoms with E-state index in [0.29, 0.717) is 11.3 Å². The van der Waals surface area contributed by atoms with Crippen molar-refractivity contribution in [2.24, 2.45) is 0 Å². The highest BCUT2D eigenvalue weighted by Crippen LogP contribution is 2.18. The van der Waals surface area contributed by atoms with Gasteiger partial charge in [0, 0.05) is 19.7 Å². The molecule has 0 aliphatic rings. The van der Waals surface area contributed by atoms with Crippen molar-refractivity contribution in [1.82, 2.24) is 4.90 Å². The minimum atomic E-state index is -3.34. The van der Waals surface area contributed by atoms with Crippen LogP contribution in [0.5, 0.6) is 0 Å². The lowest BCUT2D eigenvalue weighted by molar-refractivity contribution is 0.0827. The van der Waals surface area contributed by atoms with E-state index in [2.05, 4.69) is 4.72 Å². The Kier molecular flexibility index (Phi) is 3.77. The van der Waals surface area contributed by atoms with Crippen molar-refractivity contribution in [3.63, 3.8) is 0 Å². The molecular formula is C11H16N2O3S. The largest absolute Gasteiger partial charge is 0.345 e. The smallest absolute Gasteiger partial charge is 0.253 e. The summed E-state index contributed by atoms with van der Waals surface area (Å²) < 4.78 is 24.7. The number of hydrogen-bond donors (Lipinski definition) is 1. The predicted molar refractivity (Wildman–Crippen MR) is 67.7 cm³/mol. The third-order valence-electron chi connectivity index (χ3n) is 2.19. The number of carbonyl (C=O) groups is 1. The van der Waals surface area contributed by atoms with E-state index in [1.54, 1.807) is 39.2 Å². The van der Waals surface area contributed by atoms with Gasteiger partial charge in [0.15, 0.2) is 0 Å². The lowest BCUT2D eigenvalue weighted by atomic mass is 10.1. The number of rotatable bonds is 3. The van der Waals surface area contributed by atoms with Crippen molar-refractivity contribution in [2.75, 3.05) is 25.1 Å². The van der Waals surface area contributed by atoms with E-state index in [1.165, 1.54) is 4.90 Å². The summed E-state index contributed by atoms with van der Waals surface area (Å²) in [7, 11) is -0.0479. The van der Waals surface area contributed by atoms with Crippen molar-refractivity contribution in [1.29, 1.82) is 0 Å². The maximum Gasteiger partial charge on any atom is 0.253 e. The summed E-state index contributed by atoms with van der Waals surface area (Å²) >= 11 is 0. The van der Waals surface area contributed by atoms with Crippen molar-refractivity contribution in [3.05, 3.63) is 29.3 Å². The second-order valence-electron chi connectivity index (χ2n) is 4.10. The van der Waals surface area contributed by atoms with E-state index >= 15 is 0 Å². The van der Waals surface area contributed by atoms with Crippen molar-refractivity contribution in [3.8, 4) is 0 Å². The van der Waals surface area contributed by atoms with Gasteiger partial charge in [0.05, 0.1) is 11.9 Å². The second-order valence-corrected chi connectivity index (χ2v) is 5.85. The fourth-order valence-corrected chi connectivity index (χ4v) is 1.94. The van der Waals surface area contributed by atoms with Crippen LogP contribution in [0.4, 0.5) is 5.69 Å². The van der Waals surface area contributed by atoms with Crippen LogP contribution in [0.2, 0.25) is 0 Å². The first-order valence-electron chi connectivity index (χ1n) is 5.01. The lowest BCUT2D eigenvalue weighted by Crippen LogP contribution is -2.22. The van der Waals surface area contributed by atoms with Crippen LogP contribution in [0.1, 0.15) is 15.9 Å². The first-order chi connectivity index (χ1) is 7.70. The van der Waals surface area contributed by atoms with Crippen LogP contribution in [0, 0.1) is 6.92 Å². The quantitative estimate of drug-likeness (QED) is 0.879. The summed E-state index contributed by atoms with van der Waals surface area (Å²) in [6, 6.07) is 4.92. The van der Waals surface area contributed by atoms with E-state index in [4.69, 9.17) is 0 Å². The average Bonchev–Trinajstić information content (AvgIpc) is 2.18. The van der Waals surface area contributed by atoms with Gasteiger partial charge >= 0.3 is 0 Å². The summed E-state index contributed by atoms with van der Waals surface area (Å²) in [6.45, 7) is 1.78. The summed E-state index contributed by atoms with van der Waals surface area (Å²) in [5.41, 5.74) is 1.65. The van der Waals surface area contributed by atoms with E-state index in [0.717, 1.165) is 11.8 Å². The standard InChI is InChI=1S/C11H16N2O3S/c1-8-5-6-9(11(14)13(2)3)7-10(8)12-17(4,15)16/h5-7,12H,1-4H3. The molecule has 0 aromatic heterocycles. The topological polar surface area (TPSA) is 66.5 Å². The number of benzene rings is 1. The molecule has 0 atom stereocenters. The highest BCUT2D eigenvalue weighted by Gasteiger charge is 2.11. The molecule has 1 N–H and O–H groups in total. The molecule has 5 nitrogen and oxygen atoms in total. The van der Waals surface area contributed by atoms with Gasteiger partial charge in [-0.3, -0.25) is 9.52 Å². The molecule has 0 aliphatic heterocycles. The zero-order valence-electron chi connectivity index (χ0n) is 10.3. The number of nitrogens with zero attached hydrogens (tertiary/aromatic N) is 1. The Labute approximate surface area is 101 Å². The number of nitrogens with one attached hydrogen (secondary N) is 1. The highest BCUT2D eigenvalue weighted by atomic mass is 32.2. The average molecular weight is 256 g/mol. The first-order valence-corrected chi connectivity index (χ1v) is 6.90. The number of amides is 1. The molecule has 0 fully saturated rings. The number of sulfonamides is 1. The number of hydrogen-bond acceptors (Lipinski definition) is 3. The molecule has 1 amide bonds. The Morgan fingerprint density at radius 1 is 1.29 bits per heavy atom. The normalized spacial score (nSPS) is 11.1. The van der Waals surface area contributed by atoms with Crippen LogP contribution in [0.15, 0.2) is 18.2 Å². The molecule has 0 heterocycles. The third kappa shape index (κ3) is 3.74. The van der Waals surface area contributed by atoms with Crippen molar-refractivity contribution < 1.29 is 13.2 Å². The van der Waals surface area contributed by atoms with Gasteiger partial charge in [-0.05, 0) is 24.6 Å². The number of aryl methyl sites for hydroxylation is 1. The molecule has 17 heavy (non-hydrogen) atoms. The van der Waals surface area contributed by atoms with E-state index < -0.39 is 10.0 Å². The Bertz CT molecular complexity index is 536. The molecule has 94 valence electrons. The monoisotopic (exact) mass is 256 g/mol. The first kappa shape index (κ1) is 13.5. The van der Waals surface area contributed by atoms with Crippen LogP contribution in [-0.2, 0) is 10.0 Å². The van der Waals surface area contributed by atoms with Crippen LogP contribution in [0.3, 0.4) is 0 Å². The molecule has 0 bridgehead atoms. The van der Waals surface area contributed by atoms with Crippen LogP contribution >= 0.6 is 0 Å². The predicted octanol–water partition coefficient (Wildman–Crippen LogP) is 1.07. The minimum Gasteiger partial charge on any atom is -0.345 e. The molecule has 0 saturated heterocycles. The van der Waals surface area contributed by atoms with Gasteiger partial charge in [-0.25, -0.2) is 8.42 Å². The van der Waals surface area contributed by atoms with Gasteiger partial charge in [-0.15, -0.1) is 0 Å². The molecule has 6 heteroatoms. The molecule has 0 unspecified atom stereocenters. The van der Waals surface area contributed by atoms with Crippen molar-refractivity contribution in [2.45, 2.75) is 6.92 Å². The Morgan fingerprint density at radius 3 is 2.35 bits per heavy atom. The SMILES string of the molecule is Cc1ccc(C(=O)N(C)C)cc1NS(C)(=O)=O. The summed E-state index contributed by atoms with van der Waals surface area (Å²) in [4.78, 5) is 13.2. The van der Waals surface area contributed by atoms with Gasteiger partial charge in [0.1, 0.15) is 0 Å². The van der Waals surface area contributed by atoms with Gasteiger partial charge in [-0.2, -0.15) is 0 Å². The molecule has 0 radical (unpaired) electrons. The van der Waals surface area contributed by atoms with Gasteiger partial charge in [-0.1, -0.05) is 6.07 Å². The molecule has 1 aromatic rings. The van der Waals surface area contributed by atoms with E-state index in [1.807, 2.05) is 0 Å². The fourth-order valence-electron chi connectivity index (χ4n) is 1.32. The van der Waals surface area contributed by atoms with Crippen molar-refractivity contribution >= 4 is 21.6 Å². The van der Waals surface area contributed by atoms with E-state index in [9.17, 15) is 13.2 Å². The van der Waals surface area contributed by atoms with Gasteiger partial charge in [0.2, 0.25) is 10.0 Å². The molecule has 1 rings (SSSR count). The fraction of sp³-hybridized carbons (Fsp3) is 0.364. The van der Waals surface area contributed by atoms with Gasteiger partial charge in [0.25, 0.3) is 5.91 Å². The molecular weight excluding hydrogens is 240 g/mol. The van der Waals surface area contributed by atoms with Crippen LogP contribution in [-0.4, -0.2) is 39.6 Å². The van der Waals surface area contributed by atoms with Crippen LogP contribution < -0.4 is 4.72 Å². The number of anilines is 1. The van der Waals surface area contributed by atoms with Gasteiger partial charge < -0.3 is 4.90 Å². The number of carbonyl (C=O) groups excluding carboxylic acids is 1. The van der Waals surface area contributed by atoms with E-state index in [-0.39, 0.29) is 5.91 Å². The van der Waals surface area contributed by atoms with Crippen LogP contribution in [0.25, 0.3) is 0 Å². The highest BCUT2D eigenvalue weighted by molar-refractivity contribution is 7.92. The molecule has 0 saturated carbocycles. The second kappa shape index (κ2) is 4.75. The maximum atomic E-state index is 11.7. The summed E-state index contributed by atoms with van der Waals surface area (Å²) in [5.74, 6) is -0.165. The molecule has 0 aliphatic carbocycles. The zero-order chi connectivity index (χ0) is 13.2. The Morgan fingerprint density at radius 2 is 1.88 bits per heavy atom. The Hall–Kier alpha value is -1.56. The minimum absolute atomic E-state index is 0.165. The maximum absolute atomic E-state index is 11.7. The Balaban J connectivity index is 3.15. The molecule has 1 aromatic carbocycles. The summed E-state index contributed by atoms with van der Waals surface area (Å²) in [6.07, 6.45) is 1.08. The lowest BCUT2D eigenvalue weighted by Gasteiger charge is -2.13. The third-order valence-corrected chi connectivity index (χ3v) is 2.78.